The molecule has 0 amide bonds. The van der Waals surface area contributed by atoms with E-state index in [9.17, 15) is 0 Å². The fourth-order valence-corrected chi connectivity index (χ4v) is 4.00. The Morgan fingerprint density at radius 2 is 1.83 bits per heavy atom. The Balaban J connectivity index is 1.57. The molecule has 0 unspecified atom stereocenters. The van der Waals surface area contributed by atoms with E-state index in [0.29, 0.717) is 0 Å². The summed E-state index contributed by atoms with van der Waals surface area (Å²) in [7, 11) is 2.25. The van der Waals surface area contributed by atoms with Crippen molar-refractivity contribution in [2.75, 3.05) is 12.4 Å². The van der Waals surface area contributed by atoms with Crippen molar-refractivity contribution in [2.24, 2.45) is 0 Å². The predicted molar refractivity (Wildman–Crippen MR) is 99.5 cm³/mol. The van der Waals surface area contributed by atoms with E-state index in [2.05, 4.69) is 53.8 Å². The van der Waals surface area contributed by atoms with Gasteiger partial charge in [-0.1, -0.05) is 43.4 Å². The highest BCUT2D eigenvalue weighted by Crippen LogP contribution is 2.25. The van der Waals surface area contributed by atoms with Crippen LogP contribution in [0, 0.1) is 6.92 Å². The molecule has 1 heterocycles. The van der Waals surface area contributed by atoms with Crippen LogP contribution in [-0.4, -0.2) is 23.0 Å². The van der Waals surface area contributed by atoms with E-state index in [1.165, 1.54) is 49.8 Å². The van der Waals surface area contributed by atoms with E-state index in [-0.39, 0.29) is 0 Å². The van der Waals surface area contributed by atoms with Gasteiger partial charge in [-0.3, -0.25) is 4.90 Å². The molecule has 3 nitrogen and oxygen atoms in total. The Kier molecular flexibility index (Phi) is 5.68. The van der Waals surface area contributed by atoms with Crippen LogP contribution in [0.25, 0.3) is 0 Å². The molecule has 1 aromatic carbocycles. The van der Waals surface area contributed by atoms with Crippen LogP contribution in [0.2, 0.25) is 0 Å². The van der Waals surface area contributed by atoms with Gasteiger partial charge in [0.05, 0.1) is 5.69 Å². The summed E-state index contributed by atoms with van der Waals surface area (Å²) in [5, 5.41) is 6.57. The first-order valence-electron chi connectivity index (χ1n) is 8.69. The van der Waals surface area contributed by atoms with Gasteiger partial charge in [-0.25, -0.2) is 4.98 Å². The molecule has 0 spiro atoms. The van der Waals surface area contributed by atoms with E-state index < -0.39 is 0 Å². The molecule has 1 aromatic heterocycles. The van der Waals surface area contributed by atoms with Crippen LogP contribution >= 0.6 is 11.3 Å². The third-order valence-corrected chi connectivity index (χ3v) is 5.52. The number of nitrogens with one attached hydrogen (secondary N) is 1. The van der Waals surface area contributed by atoms with Crippen molar-refractivity contribution in [3.63, 3.8) is 0 Å². The second kappa shape index (κ2) is 7.93. The second-order valence-corrected chi connectivity index (χ2v) is 7.55. The number of hydrogen-bond acceptors (Lipinski definition) is 4. The smallest absolute Gasteiger partial charge is 0.187 e. The molecule has 0 radical (unpaired) electrons. The van der Waals surface area contributed by atoms with Gasteiger partial charge < -0.3 is 5.32 Å². The highest BCUT2D eigenvalue weighted by molar-refractivity contribution is 7.13. The fraction of sp³-hybridized carbons (Fsp3) is 0.526. The van der Waals surface area contributed by atoms with Gasteiger partial charge in [-0.05, 0) is 38.9 Å². The van der Waals surface area contributed by atoms with Crippen LogP contribution in [0.5, 0.6) is 0 Å². The number of thiazole rings is 1. The maximum atomic E-state index is 4.75. The zero-order valence-corrected chi connectivity index (χ0v) is 15.0. The van der Waals surface area contributed by atoms with Crippen molar-refractivity contribution in [1.29, 1.82) is 0 Å². The molecule has 0 aliphatic heterocycles. The zero-order valence-electron chi connectivity index (χ0n) is 14.2. The van der Waals surface area contributed by atoms with Gasteiger partial charge in [0, 0.05) is 23.7 Å². The van der Waals surface area contributed by atoms with Crippen molar-refractivity contribution in [2.45, 2.75) is 58.0 Å². The molecular weight excluding hydrogens is 302 g/mol. The maximum Gasteiger partial charge on any atom is 0.187 e. The summed E-state index contributed by atoms with van der Waals surface area (Å²) in [6.07, 6.45) is 8.26. The number of aryl methyl sites for hydroxylation is 1. The molecule has 1 saturated carbocycles. The predicted octanol–water partition coefficient (Wildman–Crippen LogP) is 5.35. The Morgan fingerprint density at radius 1 is 1.13 bits per heavy atom. The van der Waals surface area contributed by atoms with Crippen LogP contribution in [0.4, 0.5) is 10.8 Å². The molecule has 124 valence electrons. The van der Waals surface area contributed by atoms with Crippen LogP contribution in [-0.2, 0) is 6.54 Å². The molecule has 23 heavy (non-hydrogen) atoms. The maximum absolute atomic E-state index is 4.75. The van der Waals surface area contributed by atoms with Crippen LogP contribution in [0.3, 0.4) is 0 Å². The lowest BCUT2D eigenvalue weighted by Gasteiger charge is -2.26. The lowest BCUT2D eigenvalue weighted by molar-refractivity contribution is 0.211. The minimum atomic E-state index is 0.729. The largest absolute Gasteiger partial charge is 0.332 e. The monoisotopic (exact) mass is 329 g/mol. The second-order valence-electron chi connectivity index (χ2n) is 6.70. The number of hydrogen-bond donors (Lipinski definition) is 1. The SMILES string of the molecule is Cc1ccc(Nc2nc(CN(C)C3CCCCCC3)cs2)cc1. The highest BCUT2D eigenvalue weighted by atomic mass is 32.1. The molecule has 1 fully saturated rings. The van der Waals surface area contributed by atoms with Gasteiger partial charge >= 0.3 is 0 Å². The Labute approximate surface area is 143 Å². The number of rotatable bonds is 5. The average Bonchev–Trinajstić information content (AvgIpc) is 2.81. The van der Waals surface area contributed by atoms with Gasteiger partial charge in [0.1, 0.15) is 0 Å². The lowest BCUT2D eigenvalue weighted by Crippen LogP contribution is -2.30. The summed E-state index contributed by atoms with van der Waals surface area (Å²) >= 11 is 1.69. The van der Waals surface area contributed by atoms with Crippen molar-refractivity contribution in [3.05, 3.63) is 40.9 Å². The molecule has 2 aromatic rings. The minimum Gasteiger partial charge on any atom is -0.332 e. The third-order valence-electron chi connectivity index (χ3n) is 4.71. The molecule has 4 heteroatoms. The molecule has 0 bridgehead atoms. The first-order chi connectivity index (χ1) is 11.2. The molecule has 0 saturated heterocycles. The summed E-state index contributed by atoms with van der Waals surface area (Å²) in [4.78, 5) is 7.25. The first-order valence-corrected chi connectivity index (χ1v) is 9.57. The molecule has 1 aliphatic rings. The third kappa shape index (κ3) is 4.79. The number of nitrogens with zero attached hydrogens (tertiary/aromatic N) is 2. The van der Waals surface area contributed by atoms with Gasteiger partial charge in [0.15, 0.2) is 5.13 Å². The summed E-state index contributed by atoms with van der Waals surface area (Å²) in [5.74, 6) is 0. The van der Waals surface area contributed by atoms with Crippen molar-refractivity contribution < 1.29 is 0 Å². The quantitative estimate of drug-likeness (QED) is 0.749. The molecule has 1 aliphatic carbocycles. The van der Waals surface area contributed by atoms with Crippen molar-refractivity contribution in [3.8, 4) is 0 Å². The number of anilines is 2. The van der Waals surface area contributed by atoms with Crippen LogP contribution in [0.1, 0.15) is 49.8 Å². The van der Waals surface area contributed by atoms with Crippen molar-refractivity contribution in [1.82, 2.24) is 9.88 Å². The Bertz CT molecular complexity index is 597. The summed E-state index contributed by atoms with van der Waals surface area (Å²) in [5.41, 5.74) is 3.56. The van der Waals surface area contributed by atoms with E-state index in [1.807, 2.05) is 0 Å². The molecular formula is C19H27N3S. The minimum absolute atomic E-state index is 0.729. The van der Waals surface area contributed by atoms with E-state index in [0.717, 1.165) is 23.4 Å². The fourth-order valence-electron chi connectivity index (χ4n) is 3.28. The molecule has 0 atom stereocenters. The molecule has 1 N–H and O–H groups in total. The van der Waals surface area contributed by atoms with E-state index >= 15 is 0 Å². The van der Waals surface area contributed by atoms with Gasteiger partial charge in [-0.2, -0.15) is 0 Å². The summed E-state index contributed by atoms with van der Waals surface area (Å²) in [6.45, 7) is 3.06. The molecule has 3 rings (SSSR count). The average molecular weight is 330 g/mol. The Morgan fingerprint density at radius 3 is 2.52 bits per heavy atom. The van der Waals surface area contributed by atoms with E-state index in [1.54, 1.807) is 11.3 Å². The van der Waals surface area contributed by atoms with Crippen molar-refractivity contribution >= 4 is 22.2 Å². The van der Waals surface area contributed by atoms with Gasteiger partial charge in [-0.15, -0.1) is 11.3 Å². The lowest BCUT2D eigenvalue weighted by atomic mass is 10.1. The van der Waals surface area contributed by atoms with Gasteiger partial charge in [0.2, 0.25) is 0 Å². The zero-order chi connectivity index (χ0) is 16.1. The summed E-state index contributed by atoms with van der Waals surface area (Å²) in [6, 6.07) is 9.18. The van der Waals surface area contributed by atoms with E-state index in [4.69, 9.17) is 4.98 Å². The van der Waals surface area contributed by atoms with Crippen LogP contribution in [0.15, 0.2) is 29.6 Å². The topological polar surface area (TPSA) is 28.2 Å². The Hall–Kier alpha value is -1.39. The number of benzene rings is 1. The highest BCUT2D eigenvalue weighted by Gasteiger charge is 2.17. The van der Waals surface area contributed by atoms with Crippen LogP contribution < -0.4 is 5.32 Å². The number of aromatic nitrogens is 1. The summed E-state index contributed by atoms with van der Waals surface area (Å²) < 4.78 is 0. The van der Waals surface area contributed by atoms with Gasteiger partial charge in [0.25, 0.3) is 0 Å². The standard InChI is InChI=1S/C19H27N3S/c1-15-9-11-16(12-10-15)20-19-21-17(14-23-19)13-22(2)18-7-5-3-4-6-8-18/h9-12,14,18H,3-8,13H2,1-2H3,(H,20,21). The normalized spacial score (nSPS) is 16.5. The first kappa shape index (κ1) is 16.5.